The summed E-state index contributed by atoms with van der Waals surface area (Å²) in [5.41, 5.74) is 2.35. The fraction of sp³-hybridized carbons (Fsp3) is 0.290. The number of ketones is 2. The molecule has 39 heavy (non-hydrogen) atoms. The molecule has 2 amide bonds. The molecule has 4 rings (SSSR count). The van der Waals surface area contributed by atoms with Crippen molar-refractivity contribution < 1.29 is 29.4 Å². The molecule has 0 radical (unpaired) electrons. The van der Waals surface area contributed by atoms with E-state index in [0.29, 0.717) is 42.7 Å². The summed E-state index contributed by atoms with van der Waals surface area (Å²) in [7, 11) is 0. The Morgan fingerprint density at radius 1 is 0.821 bits per heavy atom. The molecule has 0 spiro atoms. The molecule has 1 saturated heterocycles. The van der Waals surface area contributed by atoms with E-state index >= 15 is 0 Å². The molecule has 8 nitrogen and oxygen atoms in total. The number of Topliss-reactive ketones (excluding diaryl/α,β-unsaturated/α-hetero) is 2. The van der Waals surface area contributed by atoms with E-state index in [9.17, 15) is 29.4 Å². The van der Waals surface area contributed by atoms with Crippen molar-refractivity contribution in [3.63, 3.8) is 0 Å². The lowest BCUT2D eigenvalue weighted by Crippen LogP contribution is -2.42. The number of aromatic hydroxyl groups is 1. The smallest absolute Gasteiger partial charge is 0.321 e. The minimum absolute atomic E-state index is 0.0344. The van der Waals surface area contributed by atoms with Gasteiger partial charge in [0.05, 0.1) is 5.41 Å². The van der Waals surface area contributed by atoms with Crippen molar-refractivity contribution in [1.29, 1.82) is 0 Å². The van der Waals surface area contributed by atoms with Gasteiger partial charge >= 0.3 is 12.0 Å². The van der Waals surface area contributed by atoms with E-state index in [1.165, 1.54) is 26.0 Å². The second-order valence-electron chi connectivity index (χ2n) is 10.5. The van der Waals surface area contributed by atoms with Crippen LogP contribution in [0.25, 0.3) is 11.1 Å². The zero-order chi connectivity index (χ0) is 28.2. The Bertz CT molecular complexity index is 1350. The molecular formula is C31H32N2O6. The third kappa shape index (κ3) is 6.71. The van der Waals surface area contributed by atoms with Gasteiger partial charge < -0.3 is 20.4 Å². The Kier molecular flexibility index (Phi) is 8.14. The molecule has 1 fully saturated rings. The fourth-order valence-corrected chi connectivity index (χ4v) is 4.58. The number of likely N-dealkylation sites (tertiary alicyclic amines) is 1. The number of amides is 2. The van der Waals surface area contributed by atoms with Crippen molar-refractivity contribution in [3.05, 3.63) is 83.9 Å². The van der Waals surface area contributed by atoms with Gasteiger partial charge in [0.2, 0.25) is 0 Å². The third-order valence-electron chi connectivity index (χ3n) is 7.16. The first-order valence-electron chi connectivity index (χ1n) is 12.9. The Hall–Kier alpha value is -4.46. The first kappa shape index (κ1) is 27.6. The quantitative estimate of drug-likeness (QED) is 0.314. The summed E-state index contributed by atoms with van der Waals surface area (Å²) in [6, 6.07) is 20.4. The summed E-state index contributed by atoms with van der Waals surface area (Å²) in [4.78, 5) is 51.0. The monoisotopic (exact) mass is 528 g/mol. The lowest BCUT2D eigenvalue weighted by Gasteiger charge is -2.31. The minimum Gasteiger partial charge on any atom is -0.508 e. The number of hydrogen-bond acceptors (Lipinski definition) is 5. The van der Waals surface area contributed by atoms with Gasteiger partial charge in [-0.2, -0.15) is 0 Å². The highest BCUT2D eigenvalue weighted by molar-refractivity contribution is 5.99. The first-order valence-corrected chi connectivity index (χ1v) is 12.9. The second-order valence-corrected chi connectivity index (χ2v) is 10.5. The summed E-state index contributed by atoms with van der Waals surface area (Å²) in [6.45, 7) is 4.02. The number of carboxylic acids is 1. The summed E-state index contributed by atoms with van der Waals surface area (Å²) in [5, 5.41) is 21.6. The molecule has 0 unspecified atom stereocenters. The van der Waals surface area contributed by atoms with Crippen LogP contribution in [0.1, 0.15) is 53.8 Å². The van der Waals surface area contributed by atoms with Gasteiger partial charge in [-0.1, -0.05) is 36.4 Å². The number of carboxylic acid groups (broad SMARTS) is 1. The van der Waals surface area contributed by atoms with E-state index in [1.54, 1.807) is 29.2 Å². The van der Waals surface area contributed by atoms with Crippen LogP contribution < -0.4 is 5.32 Å². The lowest BCUT2D eigenvalue weighted by atomic mass is 9.85. The number of rotatable bonds is 8. The molecule has 0 atom stereocenters. The number of hydrogen-bond donors (Lipinski definition) is 3. The topological polar surface area (TPSA) is 124 Å². The predicted molar refractivity (Wildman–Crippen MR) is 148 cm³/mol. The van der Waals surface area contributed by atoms with Crippen molar-refractivity contribution in [2.75, 3.05) is 18.4 Å². The van der Waals surface area contributed by atoms with Crippen LogP contribution in [0.3, 0.4) is 0 Å². The van der Waals surface area contributed by atoms with Crippen LogP contribution in [0, 0.1) is 11.3 Å². The van der Waals surface area contributed by atoms with Gasteiger partial charge in [-0.3, -0.25) is 14.4 Å². The number of phenols is 1. The van der Waals surface area contributed by atoms with E-state index in [0.717, 1.165) is 11.1 Å². The largest absolute Gasteiger partial charge is 0.508 e. The zero-order valence-corrected chi connectivity index (χ0v) is 22.0. The number of anilines is 1. The molecule has 3 aromatic carbocycles. The molecule has 0 aromatic heterocycles. The number of phenolic OH excluding ortho intramolecular Hbond substituents is 1. The molecule has 202 valence electrons. The number of aliphatic carboxylic acids is 1. The average molecular weight is 529 g/mol. The molecular weight excluding hydrogens is 496 g/mol. The third-order valence-corrected chi connectivity index (χ3v) is 7.16. The lowest BCUT2D eigenvalue weighted by molar-refractivity contribution is -0.146. The summed E-state index contributed by atoms with van der Waals surface area (Å²) in [5.74, 6) is -1.23. The Morgan fingerprint density at radius 3 is 1.87 bits per heavy atom. The van der Waals surface area contributed by atoms with Crippen molar-refractivity contribution in [2.24, 2.45) is 11.3 Å². The van der Waals surface area contributed by atoms with Crippen molar-refractivity contribution in [3.8, 4) is 16.9 Å². The van der Waals surface area contributed by atoms with Crippen molar-refractivity contribution in [1.82, 2.24) is 4.90 Å². The van der Waals surface area contributed by atoms with E-state index in [1.807, 2.05) is 36.4 Å². The maximum atomic E-state index is 12.8. The number of carbonyl (C=O) groups excluding carboxylic acids is 3. The average Bonchev–Trinajstić information content (AvgIpc) is 2.93. The van der Waals surface area contributed by atoms with Gasteiger partial charge in [0, 0.05) is 42.2 Å². The van der Waals surface area contributed by atoms with Crippen LogP contribution >= 0.6 is 0 Å². The van der Waals surface area contributed by atoms with Gasteiger partial charge in [-0.15, -0.1) is 0 Å². The summed E-state index contributed by atoms with van der Waals surface area (Å²) < 4.78 is 0. The van der Waals surface area contributed by atoms with Crippen LogP contribution in [-0.4, -0.2) is 51.8 Å². The van der Waals surface area contributed by atoms with E-state index in [-0.39, 0.29) is 35.7 Å². The second kappa shape index (κ2) is 11.5. The van der Waals surface area contributed by atoms with Crippen LogP contribution in [0.2, 0.25) is 0 Å². The highest BCUT2D eigenvalue weighted by Gasteiger charge is 2.30. The van der Waals surface area contributed by atoms with E-state index in [4.69, 9.17) is 0 Å². The SMILES string of the molecule is CC(C)(CC(=O)c1ccc(-c2ccc(NC(=O)N3CCC(C(=O)c4ccc(O)cc4)CC3)cc2)cc1)C(=O)O. The predicted octanol–water partition coefficient (Wildman–Crippen LogP) is 5.87. The van der Waals surface area contributed by atoms with Gasteiger partial charge in [-0.05, 0) is 74.2 Å². The molecule has 1 heterocycles. The molecule has 3 aromatic rings. The Balaban J connectivity index is 1.30. The first-order chi connectivity index (χ1) is 18.5. The molecule has 8 heteroatoms. The number of nitrogens with one attached hydrogen (secondary N) is 1. The maximum Gasteiger partial charge on any atom is 0.321 e. The molecule has 0 saturated carbocycles. The van der Waals surface area contributed by atoms with Crippen LogP contribution in [0.15, 0.2) is 72.8 Å². The Labute approximate surface area is 227 Å². The highest BCUT2D eigenvalue weighted by Crippen LogP contribution is 2.27. The molecule has 0 aliphatic carbocycles. The minimum atomic E-state index is -1.13. The Morgan fingerprint density at radius 2 is 1.33 bits per heavy atom. The molecule has 0 bridgehead atoms. The molecule has 1 aliphatic rings. The number of carbonyl (C=O) groups is 4. The maximum absolute atomic E-state index is 12.8. The van der Waals surface area contributed by atoms with Crippen LogP contribution in [0.5, 0.6) is 5.75 Å². The van der Waals surface area contributed by atoms with Crippen LogP contribution in [-0.2, 0) is 4.79 Å². The van der Waals surface area contributed by atoms with Gasteiger partial charge in [0.25, 0.3) is 0 Å². The zero-order valence-electron chi connectivity index (χ0n) is 22.0. The summed E-state index contributed by atoms with van der Waals surface area (Å²) in [6.07, 6.45) is 1.08. The van der Waals surface area contributed by atoms with Crippen LogP contribution in [0.4, 0.5) is 10.5 Å². The normalized spacial score (nSPS) is 14.1. The number of urea groups is 1. The van der Waals surface area contributed by atoms with E-state index < -0.39 is 11.4 Å². The van der Waals surface area contributed by atoms with Gasteiger partial charge in [0.1, 0.15) is 5.75 Å². The number of piperidine rings is 1. The fourth-order valence-electron chi connectivity index (χ4n) is 4.58. The molecule has 3 N–H and O–H groups in total. The number of benzene rings is 3. The number of nitrogens with zero attached hydrogens (tertiary/aromatic N) is 1. The highest BCUT2D eigenvalue weighted by atomic mass is 16.4. The van der Waals surface area contributed by atoms with Gasteiger partial charge in [-0.25, -0.2) is 4.79 Å². The van der Waals surface area contributed by atoms with Crippen molar-refractivity contribution >= 4 is 29.3 Å². The van der Waals surface area contributed by atoms with Crippen molar-refractivity contribution in [2.45, 2.75) is 33.1 Å². The van der Waals surface area contributed by atoms with Gasteiger partial charge in [0.15, 0.2) is 11.6 Å². The summed E-state index contributed by atoms with van der Waals surface area (Å²) >= 11 is 0. The standard InChI is InChI=1S/C31H32N2O6/c1-31(2,29(37)38)19-27(35)22-5-3-20(4-6-22)21-7-11-25(12-8-21)32-30(39)33-17-15-24(16-18-33)28(36)23-9-13-26(34)14-10-23/h3-14,24,34H,15-19H2,1-2H3,(H,32,39)(H,37,38). The molecule has 1 aliphatic heterocycles. The van der Waals surface area contributed by atoms with E-state index in [2.05, 4.69) is 5.32 Å².